The van der Waals surface area contributed by atoms with Crippen molar-refractivity contribution in [3.8, 4) is 0 Å². The first-order valence-corrected chi connectivity index (χ1v) is 3.87. The van der Waals surface area contributed by atoms with Crippen molar-refractivity contribution in [1.82, 2.24) is 5.32 Å². The molecule has 3 nitrogen and oxygen atoms in total. The molecule has 1 fully saturated rings. The zero-order valence-electron chi connectivity index (χ0n) is 6.31. The Bertz CT molecular complexity index is 136. The maximum atomic E-state index is 11.1. The molecule has 0 aromatic carbocycles. The van der Waals surface area contributed by atoms with Crippen LogP contribution >= 0.6 is 0 Å². The maximum absolute atomic E-state index is 11.1. The Morgan fingerprint density at radius 1 is 1.64 bits per heavy atom. The number of hydrogen-bond donors (Lipinski definition) is 1. The van der Waals surface area contributed by atoms with Crippen molar-refractivity contribution >= 4 is 5.97 Å². The van der Waals surface area contributed by atoms with E-state index in [1.54, 1.807) is 0 Å². The summed E-state index contributed by atoms with van der Waals surface area (Å²) in [5.74, 6) is -0.795. The van der Waals surface area contributed by atoms with E-state index in [0.717, 1.165) is 0 Å². The van der Waals surface area contributed by atoms with Crippen LogP contribution in [0.4, 0.5) is 4.53 Å². The molecule has 1 N–H and O–H groups in total. The molecule has 0 heterocycles. The molecule has 0 atom stereocenters. The number of carbonyl (C=O) groups excluding carboxylic acids is 1. The molecule has 0 unspecified atom stereocenters. The predicted molar refractivity (Wildman–Crippen MR) is 37.5 cm³/mol. The molecule has 0 aromatic heterocycles. The highest BCUT2D eigenvalue weighted by molar-refractivity contribution is 5.68. The summed E-state index contributed by atoms with van der Waals surface area (Å²) in [6, 6.07) is 0.544. The van der Waals surface area contributed by atoms with Gasteiger partial charge in [-0.25, -0.2) is 4.79 Å². The number of halogens is 1. The highest BCUT2D eigenvalue weighted by atomic mass is 19.3. The van der Waals surface area contributed by atoms with E-state index in [1.165, 1.54) is 19.3 Å². The van der Waals surface area contributed by atoms with E-state index in [9.17, 15) is 9.32 Å². The summed E-state index contributed by atoms with van der Waals surface area (Å²) in [7, 11) is 0. The molecule has 0 spiro atoms. The van der Waals surface area contributed by atoms with Crippen molar-refractivity contribution in [3.05, 3.63) is 0 Å². The van der Waals surface area contributed by atoms with Crippen LogP contribution in [0.2, 0.25) is 0 Å². The van der Waals surface area contributed by atoms with E-state index in [1.807, 2.05) is 0 Å². The van der Waals surface area contributed by atoms with Crippen molar-refractivity contribution < 1.29 is 14.3 Å². The summed E-state index contributed by atoms with van der Waals surface area (Å²) in [6.45, 7) is 0.521. The number of carbonyl (C=O) groups is 1. The van der Waals surface area contributed by atoms with Crippen LogP contribution in [0.5, 0.6) is 0 Å². The van der Waals surface area contributed by atoms with Gasteiger partial charge in [-0.15, -0.1) is 0 Å². The largest absolute Gasteiger partial charge is 0.350 e. The second kappa shape index (κ2) is 4.28. The number of rotatable bonds is 4. The zero-order chi connectivity index (χ0) is 8.10. The normalized spacial score (nSPS) is 17.5. The van der Waals surface area contributed by atoms with E-state index < -0.39 is 5.97 Å². The Labute approximate surface area is 64.8 Å². The molecule has 0 amide bonds. The third kappa shape index (κ3) is 2.84. The molecule has 0 bridgehead atoms. The minimum Gasteiger partial charge on any atom is -0.313 e. The van der Waals surface area contributed by atoms with Crippen LogP contribution < -0.4 is 5.32 Å². The molecular formula is C7H12FNO2. The smallest absolute Gasteiger partial charge is 0.313 e. The Hall–Kier alpha value is -0.640. The van der Waals surface area contributed by atoms with Crippen LogP contribution in [0, 0.1) is 0 Å². The highest BCUT2D eigenvalue weighted by Crippen LogP contribution is 2.17. The van der Waals surface area contributed by atoms with E-state index in [2.05, 4.69) is 10.3 Å². The number of hydrogen-bond acceptors (Lipinski definition) is 3. The lowest BCUT2D eigenvalue weighted by molar-refractivity contribution is -0.183. The van der Waals surface area contributed by atoms with Gasteiger partial charge in [0.1, 0.15) is 0 Å². The van der Waals surface area contributed by atoms with Gasteiger partial charge in [-0.2, -0.15) is 0 Å². The van der Waals surface area contributed by atoms with Gasteiger partial charge in [-0.3, -0.25) is 4.94 Å². The predicted octanol–water partition coefficient (Wildman–Crippen LogP) is 0.946. The Morgan fingerprint density at radius 2 is 2.36 bits per heavy atom. The van der Waals surface area contributed by atoms with E-state index >= 15 is 0 Å². The fraction of sp³-hybridized carbons (Fsp3) is 0.857. The molecule has 1 aliphatic carbocycles. The van der Waals surface area contributed by atoms with Gasteiger partial charge in [0.25, 0.3) is 0 Å². The Morgan fingerprint density at radius 3 is 2.82 bits per heavy atom. The highest BCUT2D eigenvalue weighted by Gasteiger charge is 2.16. The average molecular weight is 161 g/mol. The van der Waals surface area contributed by atoms with Crippen LogP contribution in [-0.4, -0.2) is 18.6 Å². The lowest BCUT2D eigenvalue weighted by Crippen LogP contribution is -2.36. The zero-order valence-corrected chi connectivity index (χ0v) is 6.31. The molecule has 1 rings (SSSR count). The SMILES string of the molecule is O=C(CCNC1CCC1)OF. The minimum atomic E-state index is -0.795. The summed E-state index contributed by atoms with van der Waals surface area (Å²) < 4.78 is 11.1. The molecule has 0 radical (unpaired) electrons. The molecule has 1 saturated carbocycles. The standard InChI is InChI=1S/C7H12FNO2/c8-11-7(10)4-5-9-6-2-1-3-6/h6,9H,1-5H2. The van der Waals surface area contributed by atoms with Crippen molar-refractivity contribution in [1.29, 1.82) is 0 Å². The van der Waals surface area contributed by atoms with Crippen LogP contribution in [0.3, 0.4) is 0 Å². The first kappa shape index (κ1) is 8.46. The summed E-state index contributed by atoms with van der Waals surface area (Å²) >= 11 is 0. The fourth-order valence-electron chi connectivity index (χ4n) is 1.03. The maximum Gasteiger partial charge on any atom is 0.350 e. The van der Waals surface area contributed by atoms with Crippen LogP contribution in [0.15, 0.2) is 0 Å². The van der Waals surface area contributed by atoms with Crippen LogP contribution in [0.25, 0.3) is 0 Å². The number of nitrogens with one attached hydrogen (secondary N) is 1. The van der Waals surface area contributed by atoms with Crippen LogP contribution in [0.1, 0.15) is 25.7 Å². The lowest BCUT2D eigenvalue weighted by Gasteiger charge is -2.26. The summed E-state index contributed by atoms with van der Waals surface area (Å²) in [5.41, 5.74) is 0. The average Bonchev–Trinajstić information content (AvgIpc) is 1.94. The first-order valence-electron chi connectivity index (χ1n) is 3.87. The van der Waals surface area contributed by atoms with Gasteiger partial charge in [-0.1, -0.05) is 6.42 Å². The first-order chi connectivity index (χ1) is 5.33. The molecule has 0 saturated heterocycles. The fourth-order valence-corrected chi connectivity index (χ4v) is 1.03. The topological polar surface area (TPSA) is 38.3 Å². The summed E-state index contributed by atoms with van der Waals surface area (Å²) in [6.07, 6.45) is 3.72. The quantitative estimate of drug-likeness (QED) is 0.667. The van der Waals surface area contributed by atoms with Crippen molar-refractivity contribution in [3.63, 3.8) is 0 Å². The van der Waals surface area contributed by atoms with Gasteiger partial charge in [0.05, 0.1) is 6.42 Å². The van der Waals surface area contributed by atoms with Gasteiger partial charge in [0.2, 0.25) is 0 Å². The minimum absolute atomic E-state index is 0.118. The summed E-state index contributed by atoms with van der Waals surface area (Å²) in [4.78, 5) is 13.3. The molecule has 64 valence electrons. The van der Waals surface area contributed by atoms with Gasteiger partial charge >= 0.3 is 5.97 Å². The Balaban J connectivity index is 1.90. The van der Waals surface area contributed by atoms with Crippen LogP contribution in [-0.2, 0) is 9.74 Å². The molecule has 1 aliphatic rings. The second-order valence-corrected chi connectivity index (χ2v) is 2.78. The lowest BCUT2D eigenvalue weighted by atomic mass is 9.93. The van der Waals surface area contributed by atoms with E-state index in [0.29, 0.717) is 12.6 Å². The molecule has 0 aliphatic heterocycles. The molecular weight excluding hydrogens is 149 g/mol. The van der Waals surface area contributed by atoms with Gasteiger partial charge in [-0.05, 0) is 12.8 Å². The van der Waals surface area contributed by atoms with Gasteiger partial charge in [0.15, 0.2) is 0 Å². The van der Waals surface area contributed by atoms with Crippen molar-refractivity contribution in [2.75, 3.05) is 6.54 Å². The molecule has 4 heteroatoms. The second-order valence-electron chi connectivity index (χ2n) is 2.78. The van der Waals surface area contributed by atoms with Gasteiger partial charge < -0.3 is 5.32 Å². The van der Waals surface area contributed by atoms with E-state index in [4.69, 9.17) is 0 Å². The monoisotopic (exact) mass is 161 g/mol. The van der Waals surface area contributed by atoms with Crippen molar-refractivity contribution in [2.24, 2.45) is 0 Å². The van der Waals surface area contributed by atoms with E-state index in [-0.39, 0.29) is 6.42 Å². The third-order valence-electron chi connectivity index (χ3n) is 1.95. The summed E-state index contributed by atoms with van der Waals surface area (Å²) in [5, 5.41) is 3.12. The molecule has 0 aromatic rings. The molecule has 11 heavy (non-hydrogen) atoms. The third-order valence-corrected chi connectivity index (χ3v) is 1.95. The Kier molecular flexibility index (Phi) is 3.29. The van der Waals surface area contributed by atoms with Gasteiger partial charge in [0, 0.05) is 17.1 Å². The van der Waals surface area contributed by atoms with Crippen molar-refractivity contribution in [2.45, 2.75) is 31.7 Å².